The molecule has 2 saturated heterocycles. The Morgan fingerprint density at radius 1 is 1.24 bits per heavy atom. The van der Waals surface area contributed by atoms with E-state index >= 15 is 0 Å². The maximum atomic E-state index is 13.4. The van der Waals surface area contributed by atoms with Crippen molar-refractivity contribution in [1.29, 1.82) is 0 Å². The van der Waals surface area contributed by atoms with Gasteiger partial charge in [0.2, 0.25) is 11.0 Å². The highest BCUT2D eigenvalue weighted by molar-refractivity contribution is 8.00. The molecule has 2 aromatic heterocycles. The molecule has 0 radical (unpaired) electrons. The number of fused-ring (bicyclic) bond motifs is 1. The minimum atomic E-state index is -1.81. The zero-order valence-electron chi connectivity index (χ0n) is 26.8. The summed E-state index contributed by atoms with van der Waals surface area (Å²) in [6.45, 7) is 4.48. The molecule has 2 fully saturated rings. The van der Waals surface area contributed by atoms with Gasteiger partial charge in [-0.3, -0.25) is 24.1 Å². The van der Waals surface area contributed by atoms with E-state index in [-0.39, 0.29) is 41.1 Å². The number of nitrogens with two attached hydrogens (primary N) is 1. The van der Waals surface area contributed by atoms with Gasteiger partial charge in [-0.1, -0.05) is 5.16 Å². The molecule has 2 atom stereocenters. The maximum Gasteiger partial charge on any atom is 0.350 e. The number of anilines is 1. The third-order valence-corrected chi connectivity index (χ3v) is 10.6. The number of hydrogen-bond acceptors (Lipinski definition) is 15. The Hall–Kier alpha value is -5.15. The minimum Gasteiger partial charge on any atom is -0.543 e. The molecule has 3 amide bonds. The summed E-state index contributed by atoms with van der Waals surface area (Å²) in [6.07, 6.45) is 2.39. The Morgan fingerprint density at radius 3 is 2.56 bits per heavy atom. The van der Waals surface area contributed by atoms with E-state index < -0.39 is 63.6 Å². The molecular weight excluding hydrogens is 700 g/mol. The number of thioether (sulfide) groups is 1. The molecule has 7 N–H and O–H groups in total. The van der Waals surface area contributed by atoms with Crippen LogP contribution >= 0.6 is 23.1 Å². The molecule has 0 unspecified atom stereocenters. The van der Waals surface area contributed by atoms with Crippen molar-refractivity contribution in [3.63, 3.8) is 0 Å². The number of nitrogens with zero attached hydrogens (tertiary/aromatic N) is 5. The number of quaternary nitrogens is 1. The van der Waals surface area contributed by atoms with Crippen LogP contribution in [0.15, 0.2) is 38.9 Å². The molecule has 5 rings (SSSR count). The van der Waals surface area contributed by atoms with Gasteiger partial charge >= 0.3 is 5.97 Å². The van der Waals surface area contributed by atoms with Crippen molar-refractivity contribution >= 4 is 63.6 Å². The zero-order valence-corrected chi connectivity index (χ0v) is 28.4. The second kappa shape index (κ2) is 14.0. The highest BCUT2D eigenvalue weighted by Gasteiger charge is 2.54. The molecule has 268 valence electrons. The Balaban J connectivity index is 1.30. The third-order valence-electron chi connectivity index (χ3n) is 8.54. The summed E-state index contributed by atoms with van der Waals surface area (Å²) in [5.41, 5.74) is 2.38. The van der Waals surface area contributed by atoms with Gasteiger partial charge in [-0.25, -0.2) is 9.78 Å². The van der Waals surface area contributed by atoms with Crippen LogP contribution in [-0.2, 0) is 24.0 Å². The van der Waals surface area contributed by atoms with Crippen molar-refractivity contribution in [2.45, 2.75) is 43.7 Å². The van der Waals surface area contributed by atoms with Crippen LogP contribution in [0.25, 0.3) is 0 Å². The molecule has 3 aliphatic heterocycles. The van der Waals surface area contributed by atoms with Crippen molar-refractivity contribution in [1.82, 2.24) is 25.2 Å². The van der Waals surface area contributed by atoms with E-state index in [0.29, 0.717) is 40.6 Å². The summed E-state index contributed by atoms with van der Waals surface area (Å²) in [5.74, 6) is -5.83. The van der Waals surface area contributed by atoms with Gasteiger partial charge in [-0.05, 0) is 13.8 Å². The highest BCUT2D eigenvalue weighted by atomic mass is 32.2. The molecule has 0 spiro atoms. The lowest BCUT2D eigenvalue weighted by Crippen LogP contribution is -2.72. The predicted molar refractivity (Wildman–Crippen MR) is 174 cm³/mol. The van der Waals surface area contributed by atoms with Crippen LogP contribution in [0.5, 0.6) is 5.75 Å². The normalized spacial score (nSPS) is 20.2. The van der Waals surface area contributed by atoms with Gasteiger partial charge in [-0.2, -0.15) is 4.73 Å². The van der Waals surface area contributed by atoms with Crippen molar-refractivity contribution in [3.8, 4) is 5.75 Å². The summed E-state index contributed by atoms with van der Waals surface area (Å²) in [5, 5.41) is 50.8. The number of aliphatic carboxylic acids is 2. The number of carbonyl (C=O) groups excluding carboxylic acids is 4. The first-order valence-corrected chi connectivity index (χ1v) is 17.1. The van der Waals surface area contributed by atoms with Crippen LogP contribution in [0.3, 0.4) is 0 Å². The fourth-order valence-corrected chi connectivity index (χ4v) is 7.74. The van der Waals surface area contributed by atoms with Gasteiger partial charge in [0, 0.05) is 35.6 Å². The number of nitrogens with one attached hydrogen (secondary N) is 2. The third kappa shape index (κ3) is 7.23. The fourth-order valence-electron chi connectivity index (χ4n) is 5.85. The molecule has 0 saturated carbocycles. The quantitative estimate of drug-likeness (QED) is 0.0421. The number of oxime groups is 1. The maximum absolute atomic E-state index is 13.4. The minimum absolute atomic E-state index is 0.0201. The lowest BCUT2D eigenvalue weighted by atomic mass is 10.0. The fraction of sp³-hybridized carbons (Fsp3) is 0.448. The summed E-state index contributed by atoms with van der Waals surface area (Å²) in [7, 11) is 0. The van der Waals surface area contributed by atoms with Crippen LogP contribution in [0.2, 0.25) is 0 Å². The number of likely N-dealkylation sites (tertiary alicyclic amines) is 1. The van der Waals surface area contributed by atoms with E-state index in [2.05, 4.69) is 20.8 Å². The molecular formula is C29H34N8O11S2. The average Bonchev–Trinajstić information content (AvgIpc) is 3.70. The lowest BCUT2D eigenvalue weighted by Gasteiger charge is -2.51. The number of rotatable bonds is 13. The van der Waals surface area contributed by atoms with E-state index in [1.54, 1.807) is 0 Å². The molecule has 2 aromatic rings. The number of pyridine rings is 1. The van der Waals surface area contributed by atoms with Crippen molar-refractivity contribution in [3.05, 3.63) is 50.5 Å². The van der Waals surface area contributed by atoms with E-state index in [0.717, 1.165) is 35.1 Å². The van der Waals surface area contributed by atoms with Crippen LogP contribution in [-0.4, -0.2) is 125 Å². The highest BCUT2D eigenvalue weighted by Crippen LogP contribution is 2.41. The zero-order chi connectivity index (χ0) is 36.5. The second-order valence-electron chi connectivity index (χ2n) is 12.4. The SMILES string of the molecule is CC(C)(O/N=C(\C(=O)N[C@@H]1C(=O)N2C(C(=O)[O-])=C(C[N+]3(CCNC(=O)c4cc(=O)c(O)cn4O)CCCC3)CS[C@H]12)c1csc(N)n1)C(=O)O. The van der Waals surface area contributed by atoms with Gasteiger partial charge in [-0.15, -0.1) is 23.1 Å². The van der Waals surface area contributed by atoms with Crippen LogP contribution in [0.4, 0.5) is 5.13 Å². The van der Waals surface area contributed by atoms with Crippen LogP contribution in [0, 0.1) is 0 Å². The van der Waals surface area contributed by atoms with Gasteiger partial charge in [0.25, 0.3) is 17.7 Å². The topological polar surface area (TPSA) is 279 Å². The smallest absolute Gasteiger partial charge is 0.350 e. The number of carboxylic acid groups (broad SMARTS) is 2. The Morgan fingerprint density at radius 2 is 1.94 bits per heavy atom. The number of amides is 3. The summed E-state index contributed by atoms with van der Waals surface area (Å²) >= 11 is 2.23. The number of aromatic nitrogens is 2. The van der Waals surface area contributed by atoms with Gasteiger partial charge < -0.3 is 51.0 Å². The number of β-lactam (4-membered cyclic amide) rings is 1. The number of nitrogen functional groups attached to an aromatic ring is 1. The van der Waals surface area contributed by atoms with Gasteiger partial charge in [0.15, 0.2) is 16.6 Å². The average molecular weight is 735 g/mol. The van der Waals surface area contributed by atoms with E-state index in [4.69, 9.17) is 10.6 Å². The second-order valence-corrected chi connectivity index (χ2v) is 14.4. The molecule has 3 aliphatic rings. The predicted octanol–water partition coefficient (Wildman–Crippen LogP) is -2.14. The first-order valence-electron chi connectivity index (χ1n) is 15.2. The van der Waals surface area contributed by atoms with Gasteiger partial charge in [0.05, 0.1) is 44.0 Å². The molecule has 0 aliphatic carbocycles. The monoisotopic (exact) mass is 734 g/mol. The Kier molecular flexibility index (Phi) is 10.1. The number of thiazole rings is 1. The van der Waals surface area contributed by atoms with Crippen LogP contribution in [0.1, 0.15) is 42.9 Å². The van der Waals surface area contributed by atoms with Crippen molar-refractivity contribution in [2.24, 2.45) is 5.16 Å². The first-order chi connectivity index (χ1) is 23.5. The summed E-state index contributed by atoms with van der Waals surface area (Å²) in [6, 6.07) is -0.362. The molecule has 0 aromatic carbocycles. The number of aromatic hydroxyl groups is 1. The van der Waals surface area contributed by atoms with E-state index in [1.807, 2.05) is 0 Å². The van der Waals surface area contributed by atoms with E-state index in [1.165, 1.54) is 31.0 Å². The molecule has 50 heavy (non-hydrogen) atoms. The lowest BCUT2D eigenvalue weighted by molar-refractivity contribution is -0.911. The molecule has 5 heterocycles. The number of carboxylic acids is 2. The molecule has 21 heteroatoms. The number of hydrogen-bond donors (Lipinski definition) is 6. The Bertz CT molecular complexity index is 1860. The van der Waals surface area contributed by atoms with Crippen molar-refractivity contribution in [2.75, 3.05) is 44.2 Å². The standard InChI is InChI=1S/C29H34N8O11S2/c1-29(2,27(45)46)48-34-19(15-13-50-28(30)32-15)23(41)33-20-24(42)36-21(26(43)44)14(12-49-25(20)36)11-37(6-3-4-7-37)8-5-31-22(40)16-9-17(38)18(39)10-35(16)47/h9-10,13,20,25,47H,3-8,11-12H2,1-2H3,(H6-,30,31,32,33,39,40,41,43,44,45,46)/b34-19-/t20-,25-/m1/s1. The molecule has 19 nitrogen and oxygen atoms in total. The largest absolute Gasteiger partial charge is 0.543 e. The van der Waals surface area contributed by atoms with Crippen molar-refractivity contribution < 1.29 is 53.8 Å². The Labute approximate surface area is 291 Å². The van der Waals surface area contributed by atoms with Gasteiger partial charge in [0.1, 0.15) is 29.3 Å². The summed E-state index contributed by atoms with van der Waals surface area (Å²) < 4.78 is 0.736. The molecule has 0 bridgehead atoms. The first kappa shape index (κ1) is 36.1. The summed E-state index contributed by atoms with van der Waals surface area (Å²) in [4.78, 5) is 85.4. The van der Waals surface area contributed by atoms with E-state index in [9.17, 15) is 49.3 Å². The number of carbonyl (C=O) groups is 5. The van der Waals surface area contributed by atoms with Crippen LogP contribution < -0.4 is 26.9 Å².